The quantitative estimate of drug-likeness (QED) is 0.795. The maximum atomic E-state index is 12.4. The zero-order chi connectivity index (χ0) is 15.1. The molecule has 6 heteroatoms. The van der Waals surface area contributed by atoms with Crippen molar-refractivity contribution in [2.24, 2.45) is 17.4 Å². The van der Waals surface area contributed by atoms with E-state index in [-0.39, 0.29) is 36.7 Å². The van der Waals surface area contributed by atoms with Gasteiger partial charge in [-0.2, -0.15) is 0 Å². The molecule has 2 atom stereocenters. The highest BCUT2D eigenvalue weighted by Crippen LogP contribution is 2.11. The van der Waals surface area contributed by atoms with E-state index in [4.69, 9.17) is 11.5 Å². The molecule has 1 aromatic rings. The molecule has 0 aromatic heterocycles. The Hall–Kier alpha value is -1.59. The summed E-state index contributed by atoms with van der Waals surface area (Å²) in [6.45, 7) is 4.39. The number of hydrogen-bond donors (Lipinski definition) is 2. The monoisotopic (exact) mass is 313 g/mol. The van der Waals surface area contributed by atoms with Crippen LogP contribution < -0.4 is 11.5 Å². The van der Waals surface area contributed by atoms with Gasteiger partial charge in [-0.15, -0.1) is 12.4 Å². The smallest absolute Gasteiger partial charge is 0.227 e. The molecule has 0 bridgehead atoms. The van der Waals surface area contributed by atoms with Crippen LogP contribution in [0.15, 0.2) is 30.3 Å². The molecule has 0 heterocycles. The van der Waals surface area contributed by atoms with E-state index in [9.17, 15) is 9.59 Å². The lowest BCUT2D eigenvalue weighted by atomic mass is 10.0. The Labute approximate surface area is 132 Å². The van der Waals surface area contributed by atoms with Gasteiger partial charge in [-0.25, -0.2) is 0 Å². The van der Waals surface area contributed by atoms with Crippen molar-refractivity contribution in [2.45, 2.75) is 32.9 Å². The SMILES string of the molecule is CC(N)C(C)C(=O)N(CCC(N)=O)Cc1ccccc1.Cl. The van der Waals surface area contributed by atoms with Crippen LogP contribution in [0.2, 0.25) is 0 Å². The van der Waals surface area contributed by atoms with Crippen molar-refractivity contribution in [1.82, 2.24) is 4.90 Å². The van der Waals surface area contributed by atoms with E-state index in [0.717, 1.165) is 5.56 Å². The lowest BCUT2D eigenvalue weighted by molar-refractivity contribution is -0.136. The van der Waals surface area contributed by atoms with Crippen LogP contribution in [0, 0.1) is 5.92 Å². The number of benzene rings is 1. The molecule has 0 saturated heterocycles. The summed E-state index contributed by atoms with van der Waals surface area (Å²) in [7, 11) is 0. The van der Waals surface area contributed by atoms with Crippen LogP contribution in [0.25, 0.3) is 0 Å². The number of amides is 2. The molecular formula is C15H24ClN3O2. The highest BCUT2D eigenvalue weighted by Gasteiger charge is 2.23. The van der Waals surface area contributed by atoms with E-state index in [0.29, 0.717) is 13.1 Å². The molecule has 0 saturated carbocycles. The molecule has 4 N–H and O–H groups in total. The molecule has 0 aliphatic heterocycles. The molecule has 1 aromatic carbocycles. The van der Waals surface area contributed by atoms with E-state index in [1.807, 2.05) is 30.3 Å². The molecule has 21 heavy (non-hydrogen) atoms. The fraction of sp³-hybridized carbons (Fsp3) is 0.467. The number of rotatable bonds is 7. The van der Waals surface area contributed by atoms with Crippen molar-refractivity contribution in [2.75, 3.05) is 6.54 Å². The van der Waals surface area contributed by atoms with Gasteiger partial charge >= 0.3 is 0 Å². The summed E-state index contributed by atoms with van der Waals surface area (Å²) < 4.78 is 0. The lowest BCUT2D eigenvalue weighted by Gasteiger charge is -2.27. The van der Waals surface area contributed by atoms with Crippen LogP contribution in [0.5, 0.6) is 0 Å². The Morgan fingerprint density at radius 3 is 2.24 bits per heavy atom. The van der Waals surface area contributed by atoms with Crippen molar-refractivity contribution in [3.8, 4) is 0 Å². The second-order valence-electron chi connectivity index (χ2n) is 5.11. The summed E-state index contributed by atoms with van der Waals surface area (Å²) >= 11 is 0. The summed E-state index contributed by atoms with van der Waals surface area (Å²) in [5.41, 5.74) is 12.0. The average Bonchev–Trinajstić information content (AvgIpc) is 2.42. The Balaban J connectivity index is 0.00000400. The molecule has 118 valence electrons. The van der Waals surface area contributed by atoms with Crippen molar-refractivity contribution >= 4 is 24.2 Å². The fourth-order valence-electron chi connectivity index (χ4n) is 1.83. The zero-order valence-electron chi connectivity index (χ0n) is 12.5. The second kappa shape index (κ2) is 9.37. The first-order valence-corrected chi connectivity index (χ1v) is 6.78. The maximum absolute atomic E-state index is 12.4. The molecule has 2 unspecified atom stereocenters. The number of carbonyl (C=O) groups is 2. The topological polar surface area (TPSA) is 89.4 Å². The van der Waals surface area contributed by atoms with Crippen molar-refractivity contribution in [1.29, 1.82) is 0 Å². The molecule has 1 rings (SSSR count). The van der Waals surface area contributed by atoms with E-state index >= 15 is 0 Å². The third-order valence-electron chi connectivity index (χ3n) is 3.33. The van der Waals surface area contributed by atoms with Gasteiger partial charge in [0.25, 0.3) is 0 Å². The van der Waals surface area contributed by atoms with Gasteiger partial charge in [-0.1, -0.05) is 37.3 Å². The first-order chi connectivity index (χ1) is 9.41. The lowest BCUT2D eigenvalue weighted by Crippen LogP contribution is -2.42. The normalized spacial score (nSPS) is 12.9. The molecule has 0 radical (unpaired) electrons. The zero-order valence-corrected chi connectivity index (χ0v) is 13.3. The Kier molecular flexibility index (Phi) is 8.66. The highest BCUT2D eigenvalue weighted by atomic mass is 35.5. The second-order valence-corrected chi connectivity index (χ2v) is 5.11. The van der Waals surface area contributed by atoms with Gasteiger partial charge in [-0.05, 0) is 12.5 Å². The standard InChI is InChI=1S/C15H23N3O2.ClH/c1-11(12(2)16)15(20)18(9-8-14(17)19)10-13-6-4-3-5-7-13;/h3-7,11-12H,8-10,16H2,1-2H3,(H2,17,19);1H. The van der Waals surface area contributed by atoms with Gasteiger partial charge in [0.05, 0.1) is 5.92 Å². The largest absolute Gasteiger partial charge is 0.370 e. The molecule has 0 aliphatic rings. The van der Waals surface area contributed by atoms with Crippen LogP contribution >= 0.6 is 12.4 Å². The van der Waals surface area contributed by atoms with Gasteiger partial charge < -0.3 is 16.4 Å². The maximum Gasteiger partial charge on any atom is 0.227 e. The average molecular weight is 314 g/mol. The predicted molar refractivity (Wildman–Crippen MR) is 85.7 cm³/mol. The van der Waals surface area contributed by atoms with Gasteiger partial charge in [0, 0.05) is 25.6 Å². The van der Waals surface area contributed by atoms with Crippen LogP contribution in [0.4, 0.5) is 0 Å². The minimum atomic E-state index is -0.413. The number of nitrogens with two attached hydrogens (primary N) is 2. The predicted octanol–water partition coefficient (Wildman–Crippen LogP) is 1.30. The Morgan fingerprint density at radius 2 is 1.76 bits per heavy atom. The van der Waals surface area contributed by atoms with Crippen molar-refractivity contribution in [3.05, 3.63) is 35.9 Å². The Morgan fingerprint density at radius 1 is 1.19 bits per heavy atom. The third kappa shape index (κ3) is 6.60. The van der Waals surface area contributed by atoms with Crippen molar-refractivity contribution in [3.63, 3.8) is 0 Å². The summed E-state index contributed by atoms with van der Waals surface area (Å²) in [5.74, 6) is -0.749. The number of primary amides is 1. The van der Waals surface area contributed by atoms with E-state index < -0.39 is 5.91 Å². The number of nitrogens with zero attached hydrogens (tertiary/aromatic N) is 1. The molecule has 0 fully saturated rings. The highest BCUT2D eigenvalue weighted by molar-refractivity contribution is 5.85. The number of hydrogen-bond acceptors (Lipinski definition) is 3. The van der Waals surface area contributed by atoms with E-state index in [1.54, 1.807) is 18.7 Å². The molecule has 2 amide bonds. The Bertz CT molecular complexity index is 451. The van der Waals surface area contributed by atoms with E-state index in [2.05, 4.69) is 0 Å². The minimum Gasteiger partial charge on any atom is -0.370 e. The van der Waals surface area contributed by atoms with Gasteiger partial charge in [0.15, 0.2) is 0 Å². The summed E-state index contributed by atoms with van der Waals surface area (Å²) in [6.07, 6.45) is 0.157. The summed E-state index contributed by atoms with van der Waals surface area (Å²) in [6, 6.07) is 9.42. The molecule has 0 spiro atoms. The van der Waals surface area contributed by atoms with Gasteiger partial charge in [-0.3, -0.25) is 9.59 Å². The molecular weight excluding hydrogens is 290 g/mol. The first kappa shape index (κ1) is 19.4. The van der Waals surface area contributed by atoms with Gasteiger partial charge in [0.2, 0.25) is 11.8 Å². The number of halogens is 1. The van der Waals surface area contributed by atoms with Crippen molar-refractivity contribution < 1.29 is 9.59 Å². The van der Waals surface area contributed by atoms with Gasteiger partial charge in [0.1, 0.15) is 0 Å². The summed E-state index contributed by atoms with van der Waals surface area (Å²) in [5, 5.41) is 0. The minimum absolute atomic E-state index is 0. The van der Waals surface area contributed by atoms with Crippen LogP contribution in [-0.2, 0) is 16.1 Å². The number of carbonyl (C=O) groups excluding carboxylic acids is 2. The molecule has 0 aliphatic carbocycles. The van der Waals surface area contributed by atoms with Crippen LogP contribution in [-0.4, -0.2) is 29.3 Å². The summed E-state index contributed by atoms with van der Waals surface area (Å²) in [4.78, 5) is 25.0. The van der Waals surface area contributed by atoms with Crippen LogP contribution in [0.1, 0.15) is 25.8 Å². The fourth-order valence-corrected chi connectivity index (χ4v) is 1.83. The first-order valence-electron chi connectivity index (χ1n) is 6.78. The van der Waals surface area contributed by atoms with E-state index in [1.165, 1.54) is 0 Å². The van der Waals surface area contributed by atoms with Crippen LogP contribution in [0.3, 0.4) is 0 Å². The molecule has 5 nitrogen and oxygen atoms in total. The third-order valence-corrected chi connectivity index (χ3v) is 3.33.